The van der Waals surface area contributed by atoms with E-state index in [1.165, 1.54) is 106 Å². The van der Waals surface area contributed by atoms with Gasteiger partial charge in [-0.2, -0.15) is 21.6 Å². The van der Waals surface area contributed by atoms with Crippen LogP contribution in [0.2, 0.25) is 0 Å². The molecule has 2 aromatic carbocycles. The molecule has 4 nitrogen and oxygen atoms in total. The Hall–Kier alpha value is -1.49. The van der Waals surface area contributed by atoms with E-state index in [9.17, 15) is 21.6 Å². The van der Waals surface area contributed by atoms with E-state index >= 15 is 0 Å². The van der Waals surface area contributed by atoms with Gasteiger partial charge in [0.05, 0.1) is 6.61 Å². The van der Waals surface area contributed by atoms with Gasteiger partial charge < -0.3 is 8.92 Å². The molecule has 0 saturated carbocycles. The van der Waals surface area contributed by atoms with Crippen LogP contribution in [0.5, 0.6) is 11.5 Å². The van der Waals surface area contributed by atoms with Crippen LogP contribution in [-0.4, -0.2) is 20.5 Å². The number of halogens is 4. The van der Waals surface area contributed by atoms with Gasteiger partial charge in [-0.15, -0.1) is 0 Å². The summed E-state index contributed by atoms with van der Waals surface area (Å²) in [6, 6.07) is 15.3. The van der Waals surface area contributed by atoms with E-state index in [1.807, 2.05) is 18.2 Å². The number of rotatable bonds is 20. The Morgan fingerprint density at radius 2 is 1.02 bits per heavy atom. The molecule has 9 heteroatoms. The second-order valence-corrected chi connectivity index (χ2v) is 12.7. The minimum atomic E-state index is -5.65. The van der Waals surface area contributed by atoms with Crippen LogP contribution in [0.3, 0.4) is 0 Å². The van der Waals surface area contributed by atoms with Crippen molar-refractivity contribution >= 4 is 32.7 Å². The van der Waals surface area contributed by atoms with E-state index in [4.69, 9.17) is 4.74 Å². The highest BCUT2D eigenvalue weighted by atomic mass is 127. The van der Waals surface area contributed by atoms with Crippen LogP contribution in [0, 0.1) is 3.57 Å². The molecule has 0 aliphatic heterocycles. The van der Waals surface area contributed by atoms with E-state index in [0.717, 1.165) is 25.0 Å². The third-order valence-electron chi connectivity index (χ3n) is 6.31. The van der Waals surface area contributed by atoms with Crippen molar-refractivity contribution in [2.45, 2.75) is 115 Å². The zero-order valence-corrected chi connectivity index (χ0v) is 26.7. The third kappa shape index (κ3) is 18.8. The molecule has 0 aromatic heterocycles. The van der Waals surface area contributed by atoms with Gasteiger partial charge in [0.15, 0.2) is 0 Å². The number of hydrogen-bond donors (Lipinski definition) is 0. The summed E-state index contributed by atoms with van der Waals surface area (Å²) >= 11 is 2.28. The lowest BCUT2D eigenvalue weighted by Gasteiger charge is -2.10. The van der Waals surface area contributed by atoms with Crippen molar-refractivity contribution in [3.63, 3.8) is 0 Å². The topological polar surface area (TPSA) is 52.6 Å². The van der Waals surface area contributed by atoms with Crippen LogP contribution in [0.15, 0.2) is 54.6 Å². The SMILES string of the molecule is CCCCCCCCCCCCCCCCCCOc1ccc(OS(=O)(=O)C(F)(F)F)cc1.Ic1ccccc1. The van der Waals surface area contributed by atoms with Crippen LogP contribution in [0.4, 0.5) is 13.2 Å². The van der Waals surface area contributed by atoms with E-state index in [1.54, 1.807) is 0 Å². The van der Waals surface area contributed by atoms with E-state index in [2.05, 4.69) is 45.8 Å². The zero-order chi connectivity index (χ0) is 29.5. The average molecular weight is 699 g/mol. The summed E-state index contributed by atoms with van der Waals surface area (Å²) < 4.78 is 69.8. The van der Waals surface area contributed by atoms with Gasteiger partial charge in [0.25, 0.3) is 0 Å². The van der Waals surface area contributed by atoms with Crippen molar-refractivity contribution in [1.29, 1.82) is 0 Å². The lowest BCUT2D eigenvalue weighted by molar-refractivity contribution is -0.0500. The Morgan fingerprint density at radius 3 is 1.40 bits per heavy atom. The largest absolute Gasteiger partial charge is 0.534 e. The first kappa shape index (κ1) is 36.5. The molecule has 0 unspecified atom stereocenters. The predicted molar refractivity (Wildman–Crippen MR) is 166 cm³/mol. The first-order chi connectivity index (χ1) is 19.2. The standard InChI is InChI=1S/C25H41F3O4S.C6H5I/c1-2-3-4-5-6-7-8-9-10-11-12-13-14-15-16-17-22-31-23-18-20-24(21-19-23)32-33(29,30)25(26,27)28;7-6-4-2-1-3-5-6/h18-21H,2-17,22H2,1H3;1-5H. The van der Waals surface area contributed by atoms with Crippen LogP contribution in [-0.2, 0) is 10.1 Å². The van der Waals surface area contributed by atoms with Gasteiger partial charge in [-0.05, 0) is 65.4 Å². The first-order valence-electron chi connectivity index (χ1n) is 14.6. The quantitative estimate of drug-likeness (QED) is 0.0598. The minimum absolute atomic E-state index is 0.401. The zero-order valence-electron chi connectivity index (χ0n) is 23.8. The maximum atomic E-state index is 12.3. The van der Waals surface area contributed by atoms with Crippen molar-refractivity contribution in [1.82, 2.24) is 0 Å². The summed E-state index contributed by atoms with van der Waals surface area (Å²) in [4.78, 5) is 0. The van der Waals surface area contributed by atoms with Gasteiger partial charge in [-0.1, -0.05) is 121 Å². The van der Waals surface area contributed by atoms with Gasteiger partial charge in [0.2, 0.25) is 0 Å². The molecule has 40 heavy (non-hydrogen) atoms. The number of alkyl halides is 3. The highest BCUT2D eigenvalue weighted by Gasteiger charge is 2.48. The fourth-order valence-corrected chi connectivity index (χ4v) is 4.89. The first-order valence-corrected chi connectivity index (χ1v) is 17.1. The van der Waals surface area contributed by atoms with Gasteiger partial charge in [-0.3, -0.25) is 0 Å². The fraction of sp³-hybridized carbons (Fsp3) is 0.613. The second-order valence-electron chi connectivity index (χ2n) is 9.90. The fourth-order valence-electron chi connectivity index (χ4n) is 4.02. The highest BCUT2D eigenvalue weighted by molar-refractivity contribution is 14.1. The normalized spacial score (nSPS) is 11.5. The monoisotopic (exact) mass is 698 g/mol. The number of ether oxygens (including phenoxy) is 1. The predicted octanol–water partition coefficient (Wildman–Crippen LogP) is 10.8. The van der Waals surface area contributed by atoms with Crippen molar-refractivity contribution in [2.24, 2.45) is 0 Å². The summed E-state index contributed by atoms with van der Waals surface area (Å²) in [5.74, 6) is 0.0646. The average Bonchev–Trinajstić information content (AvgIpc) is 2.91. The summed E-state index contributed by atoms with van der Waals surface area (Å²) in [6.07, 6.45) is 20.7. The van der Waals surface area contributed by atoms with Crippen molar-refractivity contribution in [2.75, 3.05) is 6.61 Å². The Kier molecular flexibility index (Phi) is 20.2. The molecule has 0 N–H and O–H groups in total. The summed E-state index contributed by atoms with van der Waals surface area (Å²) in [6.45, 7) is 2.77. The van der Waals surface area contributed by atoms with Crippen molar-refractivity contribution in [3.05, 3.63) is 58.2 Å². The van der Waals surface area contributed by atoms with Crippen LogP contribution >= 0.6 is 22.6 Å². The number of benzene rings is 2. The molecular formula is C31H46F3IO4S. The molecule has 0 spiro atoms. The van der Waals surface area contributed by atoms with Gasteiger partial charge in [0.1, 0.15) is 11.5 Å². The van der Waals surface area contributed by atoms with E-state index in [-0.39, 0.29) is 0 Å². The molecular weight excluding hydrogens is 652 g/mol. The minimum Gasteiger partial charge on any atom is -0.494 e. The third-order valence-corrected chi connectivity index (χ3v) is 8.01. The van der Waals surface area contributed by atoms with Crippen LogP contribution in [0.1, 0.15) is 110 Å². The Bertz CT molecular complexity index is 968. The van der Waals surface area contributed by atoms with Crippen LogP contribution in [0.25, 0.3) is 0 Å². The Labute approximate surface area is 253 Å². The molecule has 0 radical (unpaired) electrons. The molecule has 0 aliphatic carbocycles. The lowest BCUT2D eigenvalue weighted by atomic mass is 10.0. The summed E-state index contributed by atoms with van der Waals surface area (Å²) in [5.41, 5.74) is -5.45. The molecule has 0 amide bonds. The summed E-state index contributed by atoms with van der Waals surface area (Å²) in [7, 11) is -5.65. The molecule has 0 heterocycles. The molecule has 0 fully saturated rings. The second kappa shape index (κ2) is 22.2. The maximum absolute atomic E-state index is 12.3. The molecule has 0 aliphatic rings. The maximum Gasteiger partial charge on any atom is 0.534 e. The van der Waals surface area contributed by atoms with E-state index in [0.29, 0.717) is 12.4 Å². The van der Waals surface area contributed by atoms with Crippen molar-refractivity contribution < 1.29 is 30.5 Å². The van der Waals surface area contributed by atoms with Gasteiger partial charge in [-0.25, -0.2) is 0 Å². The number of unbranched alkanes of at least 4 members (excludes halogenated alkanes) is 15. The highest BCUT2D eigenvalue weighted by Crippen LogP contribution is 2.28. The molecule has 0 bridgehead atoms. The molecule has 228 valence electrons. The molecule has 2 rings (SSSR count). The Morgan fingerprint density at radius 1 is 0.625 bits per heavy atom. The lowest BCUT2D eigenvalue weighted by Crippen LogP contribution is -2.28. The molecule has 2 aromatic rings. The molecule has 0 atom stereocenters. The smallest absolute Gasteiger partial charge is 0.494 e. The Balaban J connectivity index is 0.000000985. The van der Waals surface area contributed by atoms with Gasteiger partial charge >= 0.3 is 15.6 Å². The number of hydrogen-bond acceptors (Lipinski definition) is 4. The molecule has 0 saturated heterocycles. The van der Waals surface area contributed by atoms with E-state index < -0.39 is 21.4 Å². The summed E-state index contributed by atoms with van der Waals surface area (Å²) in [5, 5.41) is 0. The van der Waals surface area contributed by atoms with Crippen LogP contribution < -0.4 is 8.92 Å². The van der Waals surface area contributed by atoms with Crippen molar-refractivity contribution in [3.8, 4) is 11.5 Å². The van der Waals surface area contributed by atoms with Gasteiger partial charge in [0, 0.05) is 3.57 Å².